The normalized spacial score (nSPS) is 12.1. The lowest BCUT2D eigenvalue weighted by molar-refractivity contribution is -0.150. The van der Waals surface area contributed by atoms with Crippen LogP contribution in [0.15, 0.2) is 30.3 Å². The van der Waals surface area contributed by atoms with Gasteiger partial charge in [0.05, 0.1) is 0 Å². The Morgan fingerprint density at radius 3 is 2.34 bits per heavy atom. The minimum atomic E-state index is -0.393. The minimum absolute atomic E-state index is 0.122. The Labute approximate surface area is 173 Å². The second kappa shape index (κ2) is 10.3. The maximum Gasteiger partial charge on any atom is 0.344 e. The molecule has 3 N–H and O–H groups in total. The van der Waals surface area contributed by atoms with Crippen LogP contribution in [-0.2, 0) is 16.0 Å². The Balaban J connectivity index is 2.08. The molecule has 2 rings (SSSR count). The van der Waals surface area contributed by atoms with Crippen LogP contribution in [0.3, 0.4) is 0 Å². The summed E-state index contributed by atoms with van der Waals surface area (Å²) in [7, 11) is 0. The van der Waals surface area contributed by atoms with Crippen molar-refractivity contribution in [2.75, 3.05) is 13.2 Å². The first-order valence-corrected chi connectivity index (χ1v) is 10.2. The largest absolute Gasteiger partial charge is 0.508 e. The average molecular weight is 400 g/mol. The zero-order valence-electron chi connectivity index (χ0n) is 18.1. The smallest absolute Gasteiger partial charge is 0.344 e. The molecule has 0 fully saturated rings. The Kier molecular flexibility index (Phi) is 8.09. The first-order valence-electron chi connectivity index (χ1n) is 10.2. The lowest BCUT2D eigenvalue weighted by Gasteiger charge is -2.16. The van der Waals surface area contributed by atoms with E-state index in [0.29, 0.717) is 24.5 Å². The van der Waals surface area contributed by atoms with Gasteiger partial charge in [0.15, 0.2) is 6.61 Å². The number of esters is 1. The number of hydrogen-bond acceptors (Lipinski definition) is 5. The molecule has 29 heavy (non-hydrogen) atoms. The summed E-state index contributed by atoms with van der Waals surface area (Å²) in [5, 5.41) is 10.0. The van der Waals surface area contributed by atoms with Crippen molar-refractivity contribution in [3.63, 3.8) is 0 Å². The predicted molar refractivity (Wildman–Crippen MR) is 116 cm³/mol. The number of aromatic hydroxyl groups is 1. The fraction of sp³-hybridized carbons (Fsp3) is 0.458. The molecule has 5 nitrogen and oxygen atoms in total. The summed E-state index contributed by atoms with van der Waals surface area (Å²) < 4.78 is 10.9. The third kappa shape index (κ3) is 6.50. The molecule has 0 aliphatic carbocycles. The summed E-state index contributed by atoms with van der Waals surface area (Å²) >= 11 is 0. The number of rotatable bonds is 9. The van der Waals surface area contributed by atoms with Gasteiger partial charge < -0.3 is 20.3 Å². The summed E-state index contributed by atoms with van der Waals surface area (Å²) in [6.45, 7) is 10.4. The molecule has 0 bridgehead atoms. The van der Waals surface area contributed by atoms with E-state index in [2.05, 4.69) is 19.9 Å². The second-order valence-corrected chi connectivity index (χ2v) is 7.93. The van der Waals surface area contributed by atoms with E-state index in [-0.39, 0.29) is 18.6 Å². The highest BCUT2D eigenvalue weighted by molar-refractivity contribution is 5.71. The van der Waals surface area contributed by atoms with Gasteiger partial charge in [-0.05, 0) is 92.1 Å². The number of phenols is 1. The zero-order valence-corrected chi connectivity index (χ0v) is 18.1. The number of ether oxygens (including phenoxy) is 2. The van der Waals surface area contributed by atoms with Gasteiger partial charge in [-0.25, -0.2) is 4.79 Å². The van der Waals surface area contributed by atoms with E-state index in [0.717, 1.165) is 28.7 Å². The van der Waals surface area contributed by atoms with E-state index in [9.17, 15) is 9.90 Å². The molecule has 0 spiro atoms. The number of phenolic OH excluding ortho intramolecular Hbond substituents is 1. The molecule has 2 aromatic carbocycles. The molecule has 0 aromatic heterocycles. The molecule has 0 saturated heterocycles. The van der Waals surface area contributed by atoms with Gasteiger partial charge in [-0.3, -0.25) is 0 Å². The molecule has 0 amide bonds. The van der Waals surface area contributed by atoms with Crippen molar-refractivity contribution in [1.29, 1.82) is 0 Å². The van der Waals surface area contributed by atoms with Crippen LogP contribution in [0.4, 0.5) is 0 Å². The Bertz CT molecular complexity index is 822. The molecule has 0 radical (unpaired) electrons. The summed E-state index contributed by atoms with van der Waals surface area (Å²) in [5.41, 5.74) is 11.0. The van der Waals surface area contributed by atoms with E-state index < -0.39 is 5.97 Å². The van der Waals surface area contributed by atoms with E-state index >= 15 is 0 Å². The molecular weight excluding hydrogens is 366 g/mol. The standard InChI is InChI=1S/C24H33NO4/c1-15(2)21-12-19(6-7-23(21)26)13-22-16(3)10-20(11-17(22)4)28-14-24(27)29-18(5)8-9-25/h6-7,10-12,15,18,26H,8-9,13-14,25H2,1-5H3. The van der Waals surface area contributed by atoms with Crippen LogP contribution in [-0.4, -0.2) is 30.3 Å². The number of benzene rings is 2. The van der Waals surface area contributed by atoms with Crippen molar-refractivity contribution in [3.05, 3.63) is 58.1 Å². The molecule has 2 aromatic rings. The molecule has 1 atom stereocenters. The van der Waals surface area contributed by atoms with Gasteiger partial charge >= 0.3 is 5.97 Å². The Morgan fingerprint density at radius 2 is 1.76 bits per heavy atom. The molecular formula is C24H33NO4. The summed E-state index contributed by atoms with van der Waals surface area (Å²) in [6, 6.07) is 9.69. The highest BCUT2D eigenvalue weighted by Gasteiger charge is 2.13. The number of carbonyl (C=O) groups excluding carboxylic acids is 1. The number of nitrogens with two attached hydrogens (primary N) is 1. The van der Waals surface area contributed by atoms with Crippen molar-refractivity contribution in [1.82, 2.24) is 0 Å². The number of hydrogen-bond donors (Lipinski definition) is 2. The third-order valence-electron chi connectivity index (χ3n) is 5.03. The Morgan fingerprint density at radius 1 is 1.10 bits per heavy atom. The highest BCUT2D eigenvalue weighted by Crippen LogP contribution is 2.29. The average Bonchev–Trinajstić information content (AvgIpc) is 2.64. The third-order valence-corrected chi connectivity index (χ3v) is 5.03. The van der Waals surface area contributed by atoms with Crippen molar-refractivity contribution in [3.8, 4) is 11.5 Å². The van der Waals surface area contributed by atoms with Crippen molar-refractivity contribution >= 4 is 5.97 Å². The van der Waals surface area contributed by atoms with Gasteiger partial charge in [-0.2, -0.15) is 0 Å². The molecule has 0 aliphatic rings. The van der Waals surface area contributed by atoms with Gasteiger partial charge in [0.2, 0.25) is 0 Å². The summed E-state index contributed by atoms with van der Waals surface area (Å²) in [6.07, 6.45) is 1.20. The van der Waals surface area contributed by atoms with E-state index in [1.807, 2.05) is 39.0 Å². The molecule has 0 saturated carbocycles. The number of aryl methyl sites for hydroxylation is 2. The van der Waals surface area contributed by atoms with Crippen molar-refractivity contribution in [2.24, 2.45) is 5.73 Å². The molecule has 0 aliphatic heterocycles. The van der Waals surface area contributed by atoms with Crippen LogP contribution in [0.2, 0.25) is 0 Å². The topological polar surface area (TPSA) is 81.8 Å². The molecule has 1 unspecified atom stereocenters. The van der Waals surface area contributed by atoms with Crippen LogP contribution >= 0.6 is 0 Å². The van der Waals surface area contributed by atoms with Crippen LogP contribution in [0.5, 0.6) is 11.5 Å². The maximum atomic E-state index is 11.9. The molecule has 158 valence electrons. The SMILES string of the molecule is Cc1cc(OCC(=O)OC(C)CCN)cc(C)c1Cc1ccc(O)c(C(C)C)c1. The van der Waals surface area contributed by atoms with Gasteiger partial charge in [-0.1, -0.05) is 26.0 Å². The zero-order chi connectivity index (χ0) is 21.6. The van der Waals surface area contributed by atoms with Gasteiger partial charge in [0.25, 0.3) is 0 Å². The fourth-order valence-corrected chi connectivity index (χ4v) is 3.39. The van der Waals surface area contributed by atoms with Crippen LogP contribution in [0, 0.1) is 13.8 Å². The predicted octanol–water partition coefficient (Wildman–Crippen LogP) is 4.38. The quantitative estimate of drug-likeness (QED) is 0.612. The lowest BCUT2D eigenvalue weighted by atomic mass is 9.93. The van der Waals surface area contributed by atoms with E-state index in [4.69, 9.17) is 15.2 Å². The maximum absolute atomic E-state index is 11.9. The highest BCUT2D eigenvalue weighted by atomic mass is 16.6. The summed E-state index contributed by atoms with van der Waals surface area (Å²) in [4.78, 5) is 11.9. The van der Waals surface area contributed by atoms with Gasteiger partial charge in [-0.15, -0.1) is 0 Å². The monoisotopic (exact) mass is 399 g/mol. The van der Waals surface area contributed by atoms with Crippen LogP contribution in [0.1, 0.15) is 60.9 Å². The fourth-order valence-electron chi connectivity index (χ4n) is 3.39. The van der Waals surface area contributed by atoms with Crippen LogP contribution in [0.25, 0.3) is 0 Å². The summed E-state index contributed by atoms with van der Waals surface area (Å²) in [5.74, 6) is 0.866. The second-order valence-electron chi connectivity index (χ2n) is 7.93. The van der Waals surface area contributed by atoms with Crippen molar-refractivity contribution < 1.29 is 19.4 Å². The van der Waals surface area contributed by atoms with Gasteiger partial charge in [0, 0.05) is 0 Å². The van der Waals surface area contributed by atoms with Crippen LogP contribution < -0.4 is 10.5 Å². The number of carbonyl (C=O) groups is 1. The van der Waals surface area contributed by atoms with Gasteiger partial charge in [0.1, 0.15) is 17.6 Å². The Hall–Kier alpha value is -2.53. The van der Waals surface area contributed by atoms with E-state index in [1.54, 1.807) is 6.07 Å². The minimum Gasteiger partial charge on any atom is -0.508 e. The van der Waals surface area contributed by atoms with Crippen molar-refractivity contribution in [2.45, 2.75) is 59.5 Å². The van der Waals surface area contributed by atoms with E-state index in [1.165, 1.54) is 5.56 Å². The first-order chi connectivity index (χ1) is 13.7. The molecule has 5 heteroatoms. The first kappa shape index (κ1) is 22.8. The molecule has 0 heterocycles. The lowest BCUT2D eigenvalue weighted by Crippen LogP contribution is -2.22.